The highest BCUT2D eigenvalue weighted by Gasteiger charge is 2.36. The summed E-state index contributed by atoms with van der Waals surface area (Å²) < 4.78 is 0. The first kappa shape index (κ1) is 12.2. The summed E-state index contributed by atoms with van der Waals surface area (Å²) in [5.41, 5.74) is 0.868. The zero-order valence-corrected chi connectivity index (χ0v) is 10.8. The lowest BCUT2D eigenvalue weighted by molar-refractivity contribution is -0.129. The zero-order chi connectivity index (χ0) is 13.2. The Morgan fingerprint density at radius 2 is 2.37 bits per heavy atom. The van der Waals surface area contributed by atoms with Gasteiger partial charge in [-0.05, 0) is 24.8 Å². The van der Waals surface area contributed by atoms with Crippen molar-refractivity contribution in [1.82, 2.24) is 20.4 Å². The Hall–Kier alpha value is -1.85. The molecule has 1 saturated heterocycles. The molecule has 6 heteroatoms. The number of carbonyl (C=O) groups excluding carboxylic acids is 2. The number of likely N-dealkylation sites (tertiary alicyclic amines) is 1. The molecule has 102 valence electrons. The highest BCUT2D eigenvalue weighted by atomic mass is 16.2. The zero-order valence-electron chi connectivity index (χ0n) is 10.8. The Morgan fingerprint density at radius 1 is 1.53 bits per heavy atom. The first-order chi connectivity index (χ1) is 9.22. The van der Waals surface area contributed by atoms with Crippen LogP contribution in [0, 0.1) is 11.8 Å². The number of aromatic nitrogens is 2. The lowest BCUT2D eigenvalue weighted by Gasteiger charge is -2.15. The van der Waals surface area contributed by atoms with Crippen LogP contribution in [0.25, 0.3) is 0 Å². The molecular weight excluding hydrogens is 244 g/mol. The largest absolute Gasteiger partial charge is 0.350 e. The predicted octanol–water partition coefficient (Wildman–Crippen LogP) is 0.284. The molecule has 1 atom stereocenters. The summed E-state index contributed by atoms with van der Waals surface area (Å²) >= 11 is 0. The van der Waals surface area contributed by atoms with Gasteiger partial charge in [-0.1, -0.05) is 0 Å². The molecule has 1 unspecified atom stereocenters. The number of hydrogen-bond acceptors (Lipinski definition) is 3. The lowest BCUT2D eigenvalue weighted by Crippen LogP contribution is -2.33. The maximum absolute atomic E-state index is 12.0. The van der Waals surface area contributed by atoms with Crippen LogP contribution in [0.4, 0.5) is 0 Å². The number of H-pyrrole nitrogens is 1. The molecule has 0 radical (unpaired) electrons. The summed E-state index contributed by atoms with van der Waals surface area (Å²) in [5, 5.41) is 9.46. The van der Waals surface area contributed by atoms with Crippen LogP contribution in [0.1, 0.15) is 25.0 Å². The van der Waals surface area contributed by atoms with Crippen LogP contribution in [0.5, 0.6) is 0 Å². The van der Waals surface area contributed by atoms with Crippen LogP contribution < -0.4 is 5.32 Å². The summed E-state index contributed by atoms with van der Waals surface area (Å²) in [7, 11) is 0. The number of aromatic amines is 1. The Kier molecular flexibility index (Phi) is 3.23. The van der Waals surface area contributed by atoms with Gasteiger partial charge >= 0.3 is 0 Å². The highest BCUT2D eigenvalue weighted by molar-refractivity contribution is 5.89. The van der Waals surface area contributed by atoms with Crippen LogP contribution in [-0.2, 0) is 16.1 Å². The number of nitrogens with one attached hydrogen (secondary N) is 2. The Bertz CT molecular complexity index is 467. The molecule has 6 nitrogen and oxygen atoms in total. The van der Waals surface area contributed by atoms with Crippen LogP contribution in [0.15, 0.2) is 12.3 Å². The van der Waals surface area contributed by atoms with Gasteiger partial charge in [-0.15, -0.1) is 0 Å². The van der Waals surface area contributed by atoms with E-state index >= 15 is 0 Å². The van der Waals surface area contributed by atoms with Gasteiger partial charge in [0.05, 0.1) is 18.2 Å². The number of amides is 2. The Labute approximate surface area is 111 Å². The van der Waals surface area contributed by atoms with E-state index in [-0.39, 0.29) is 17.7 Å². The summed E-state index contributed by atoms with van der Waals surface area (Å²) in [6.07, 6.45) is 4.44. The second-order valence-electron chi connectivity index (χ2n) is 5.44. The fourth-order valence-electron chi connectivity index (χ4n) is 2.45. The number of carbonyl (C=O) groups is 2. The van der Waals surface area contributed by atoms with Gasteiger partial charge in [-0.3, -0.25) is 14.7 Å². The molecule has 1 aliphatic heterocycles. The molecule has 2 aliphatic rings. The van der Waals surface area contributed by atoms with E-state index < -0.39 is 0 Å². The smallest absolute Gasteiger partial charge is 0.225 e. The van der Waals surface area contributed by atoms with Crippen molar-refractivity contribution in [3.8, 4) is 0 Å². The van der Waals surface area contributed by atoms with E-state index in [0.717, 1.165) is 12.2 Å². The number of hydrogen-bond donors (Lipinski definition) is 2. The molecule has 2 fully saturated rings. The summed E-state index contributed by atoms with van der Waals surface area (Å²) in [6.45, 7) is 1.85. The third-order valence-corrected chi connectivity index (χ3v) is 3.77. The Morgan fingerprint density at radius 3 is 3.05 bits per heavy atom. The van der Waals surface area contributed by atoms with Gasteiger partial charge in [0.15, 0.2) is 0 Å². The molecule has 2 N–H and O–H groups in total. The summed E-state index contributed by atoms with van der Waals surface area (Å²) in [6, 6.07) is 1.82. The lowest BCUT2D eigenvalue weighted by atomic mass is 10.1. The van der Waals surface area contributed by atoms with Crippen LogP contribution >= 0.6 is 0 Å². The van der Waals surface area contributed by atoms with Crippen molar-refractivity contribution >= 4 is 11.8 Å². The van der Waals surface area contributed by atoms with E-state index in [2.05, 4.69) is 15.5 Å². The van der Waals surface area contributed by atoms with E-state index in [1.165, 1.54) is 12.8 Å². The minimum atomic E-state index is -0.200. The minimum absolute atomic E-state index is 0.0405. The fraction of sp³-hybridized carbons (Fsp3) is 0.615. The third-order valence-electron chi connectivity index (χ3n) is 3.77. The van der Waals surface area contributed by atoms with Crippen molar-refractivity contribution < 1.29 is 9.59 Å². The molecular formula is C13H18N4O2. The first-order valence-electron chi connectivity index (χ1n) is 6.76. The second kappa shape index (κ2) is 5.03. The van der Waals surface area contributed by atoms with Gasteiger partial charge in [0.2, 0.25) is 11.8 Å². The minimum Gasteiger partial charge on any atom is -0.350 e. The van der Waals surface area contributed by atoms with Crippen molar-refractivity contribution in [3.05, 3.63) is 18.0 Å². The van der Waals surface area contributed by atoms with Gasteiger partial charge in [0, 0.05) is 25.7 Å². The summed E-state index contributed by atoms with van der Waals surface area (Å²) in [4.78, 5) is 25.7. The average molecular weight is 262 g/mol. The molecule has 3 rings (SSSR count). The maximum Gasteiger partial charge on any atom is 0.225 e. The second-order valence-corrected chi connectivity index (χ2v) is 5.44. The van der Waals surface area contributed by atoms with Crippen molar-refractivity contribution in [3.63, 3.8) is 0 Å². The van der Waals surface area contributed by atoms with E-state index in [4.69, 9.17) is 0 Å². The van der Waals surface area contributed by atoms with Gasteiger partial charge in [-0.25, -0.2) is 0 Å². The molecule has 2 heterocycles. The molecule has 1 saturated carbocycles. The molecule has 1 aromatic rings. The highest BCUT2D eigenvalue weighted by Crippen LogP contribution is 2.31. The molecule has 0 spiro atoms. The predicted molar refractivity (Wildman–Crippen MR) is 67.8 cm³/mol. The third kappa shape index (κ3) is 2.94. The number of rotatable bonds is 5. The SMILES string of the molecule is O=C(NCc1ccn[nH]1)C1CC(=O)N(CC2CC2)C1. The van der Waals surface area contributed by atoms with Gasteiger partial charge in [-0.2, -0.15) is 5.10 Å². The molecule has 19 heavy (non-hydrogen) atoms. The van der Waals surface area contributed by atoms with Crippen LogP contribution in [-0.4, -0.2) is 40.0 Å². The molecule has 0 aromatic carbocycles. The van der Waals surface area contributed by atoms with E-state index in [1.54, 1.807) is 6.20 Å². The van der Waals surface area contributed by atoms with E-state index in [0.29, 0.717) is 25.4 Å². The molecule has 1 aromatic heterocycles. The van der Waals surface area contributed by atoms with Crippen molar-refractivity contribution in [1.29, 1.82) is 0 Å². The van der Waals surface area contributed by atoms with Crippen LogP contribution in [0.3, 0.4) is 0 Å². The van der Waals surface area contributed by atoms with Crippen LogP contribution in [0.2, 0.25) is 0 Å². The quantitative estimate of drug-likeness (QED) is 0.800. The van der Waals surface area contributed by atoms with Crippen molar-refractivity contribution in [2.24, 2.45) is 11.8 Å². The normalized spacial score (nSPS) is 22.8. The Balaban J connectivity index is 1.48. The van der Waals surface area contributed by atoms with Crippen molar-refractivity contribution in [2.75, 3.05) is 13.1 Å². The van der Waals surface area contributed by atoms with Gasteiger partial charge in [0.25, 0.3) is 0 Å². The molecule has 0 bridgehead atoms. The van der Waals surface area contributed by atoms with Gasteiger partial charge < -0.3 is 10.2 Å². The van der Waals surface area contributed by atoms with E-state index in [9.17, 15) is 9.59 Å². The van der Waals surface area contributed by atoms with E-state index in [1.807, 2.05) is 11.0 Å². The monoisotopic (exact) mass is 262 g/mol. The molecule has 1 aliphatic carbocycles. The standard InChI is InChI=1S/C13H18N4O2/c18-12-5-10(8-17(12)7-9-1-2-9)13(19)14-6-11-3-4-15-16-11/h3-4,9-10H,1-2,5-8H2,(H,14,19)(H,15,16). The first-order valence-corrected chi connectivity index (χ1v) is 6.76. The average Bonchev–Trinajstić information content (AvgIpc) is 2.91. The molecule has 2 amide bonds. The van der Waals surface area contributed by atoms with Gasteiger partial charge in [0.1, 0.15) is 0 Å². The van der Waals surface area contributed by atoms with Crippen molar-refractivity contribution in [2.45, 2.75) is 25.8 Å². The summed E-state index contributed by atoms with van der Waals surface area (Å²) in [5.74, 6) is 0.555. The number of nitrogens with zero attached hydrogens (tertiary/aromatic N) is 2. The maximum atomic E-state index is 12.0. The topological polar surface area (TPSA) is 78.1 Å². The fourth-order valence-corrected chi connectivity index (χ4v) is 2.45.